The molecule has 1 aromatic rings. The van der Waals surface area contributed by atoms with Gasteiger partial charge in [-0.05, 0) is 53.4 Å². The summed E-state index contributed by atoms with van der Waals surface area (Å²) in [4.78, 5) is 0. The number of fused-ring (bicyclic) bond motifs is 1. The molecule has 1 aromatic carbocycles. The molecule has 1 unspecified atom stereocenters. The van der Waals surface area contributed by atoms with Gasteiger partial charge in [-0.25, -0.2) is 0 Å². The fourth-order valence-corrected chi connectivity index (χ4v) is 2.31. The lowest BCUT2D eigenvalue weighted by atomic mass is 9.99. The highest BCUT2D eigenvalue weighted by Gasteiger charge is 2.16. The smallest absolute Gasteiger partial charge is 0.133 e. The van der Waals surface area contributed by atoms with E-state index in [4.69, 9.17) is 4.74 Å². The molecule has 0 fully saturated rings. The molecule has 0 radical (unpaired) electrons. The first-order valence-electron chi connectivity index (χ1n) is 4.83. The normalized spacial score (nSPS) is 19.8. The minimum atomic E-state index is 0.572. The van der Waals surface area contributed by atoms with E-state index in [0.717, 1.165) is 16.6 Å². The maximum Gasteiger partial charge on any atom is 0.133 e. The van der Waals surface area contributed by atoms with Gasteiger partial charge in [0.1, 0.15) is 5.75 Å². The summed E-state index contributed by atoms with van der Waals surface area (Å²) < 4.78 is 6.28. The number of hydrogen-bond acceptors (Lipinski definition) is 2. The summed E-state index contributed by atoms with van der Waals surface area (Å²) in [5.41, 5.74) is 2.58. The van der Waals surface area contributed by atoms with Gasteiger partial charge in [0.25, 0.3) is 0 Å². The second-order valence-corrected chi connectivity index (χ2v) is 4.58. The Bertz CT molecular complexity index is 351. The van der Waals surface area contributed by atoms with Crippen LogP contribution in [0, 0.1) is 0 Å². The van der Waals surface area contributed by atoms with Crippen LogP contribution in [-0.4, -0.2) is 13.2 Å². The minimum Gasteiger partial charge on any atom is -0.496 e. The summed E-state index contributed by atoms with van der Waals surface area (Å²) in [6.45, 7) is 2.21. The Labute approximate surface area is 92.8 Å². The van der Waals surface area contributed by atoms with E-state index in [-0.39, 0.29) is 0 Å². The van der Waals surface area contributed by atoms with Crippen LogP contribution in [0.25, 0.3) is 0 Å². The van der Waals surface area contributed by atoms with Crippen LogP contribution < -0.4 is 10.1 Å². The number of anilines is 1. The molecule has 2 nitrogen and oxygen atoms in total. The quantitative estimate of drug-likeness (QED) is 0.833. The van der Waals surface area contributed by atoms with Crippen molar-refractivity contribution in [2.24, 2.45) is 0 Å². The molecule has 1 atom stereocenters. The molecule has 0 saturated carbocycles. The van der Waals surface area contributed by atoms with Crippen molar-refractivity contribution in [2.45, 2.75) is 25.8 Å². The zero-order chi connectivity index (χ0) is 10.1. The molecule has 1 heterocycles. The van der Waals surface area contributed by atoms with Crippen LogP contribution in [0.2, 0.25) is 0 Å². The Hall–Kier alpha value is -0.700. The number of aryl methyl sites for hydroxylation is 1. The van der Waals surface area contributed by atoms with E-state index in [1.54, 1.807) is 7.11 Å². The van der Waals surface area contributed by atoms with Crippen molar-refractivity contribution >= 4 is 21.6 Å². The van der Waals surface area contributed by atoms with Gasteiger partial charge < -0.3 is 10.1 Å². The molecule has 0 aromatic heterocycles. The van der Waals surface area contributed by atoms with Crippen LogP contribution in [0.15, 0.2) is 16.6 Å². The van der Waals surface area contributed by atoms with Gasteiger partial charge in [-0.3, -0.25) is 0 Å². The zero-order valence-corrected chi connectivity index (χ0v) is 10.0. The Kier molecular flexibility index (Phi) is 2.68. The average Bonchev–Trinajstić information content (AvgIpc) is 2.16. The van der Waals surface area contributed by atoms with Crippen LogP contribution in [0.3, 0.4) is 0 Å². The molecule has 76 valence electrons. The van der Waals surface area contributed by atoms with E-state index < -0.39 is 0 Å². The van der Waals surface area contributed by atoms with Gasteiger partial charge >= 0.3 is 0 Å². The highest BCUT2D eigenvalue weighted by Crippen LogP contribution is 2.34. The predicted molar refractivity (Wildman–Crippen MR) is 62.1 cm³/mol. The molecule has 0 saturated heterocycles. The number of nitrogens with one attached hydrogen (secondary N) is 1. The van der Waals surface area contributed by atoms with E-state index in [9.17, 15) is 0 Å². The van der Waals surface area contributed by atoms with Crippen molar-refractivity contribution in [1.29, 1.82) is 0 Å². The zero-order valence-electron chi connectivity index (χ0n) is 8.43. The number of ether oxygens (including phenoxy) is 1. The van der Waals surface area contributed by atoms with Crippen LogP contribution in [-0.2, 0) is 6.42 Å². The molecule has 1 aliphatic heterocycles. The number of halogens is 1. The average molecular weight is 256 g/mol. The standard InChI is InChI=1S/C11H14BrNO/c1-7-3-4-8-5-11(14-2)9(12)6-10(8)13-7/h5-7,13H,3-4H2,1-2H3. The monoisotopic (exact) mass is 255 g/mol. The van der Waals surface area contributed by atoms with Crippen molar-refractivity contribution in [1.82, 2.24) is 0 Å². The summed E-state index contributed by atoms with van der Waals surface area (Å²) in [6.07, 6.45) is 2.32. The maximum atomic E-state index is 5.26. The van der Waals surface area contributed by atoms with Crippen molar-refractivity contribution in [2.75, 3.05) is 12.4 Å². The molecule has 14 heavy (non-hydrogen) atoms. The molecule has 0 spiro atoms. The molecular formula is C11H14BrNO. The van der Waals surface area contributed by atoms with E-state index in [0.29, 0.717) is 6.04 Å². The molecule has 0 bridgehead atoms. The van der Waals surface area contributed by atoms with Gasteiger partial charge in [-0.2, -0.15) is 0 Å². The minimum absolute atomic E-state index is 0.572. The number of methoxy groups -OCH3 is 1. The number of benzene rings is 1. The van der Waals surface area contributed by atoms with Gasteiger partial charge in [0, 0.05) is 11.7 Å². The van der Waals surface area contributed by atoms with Crippen molar-refractivity contribution in [3.8, 4) is 5.75 Å². The molecule has 1 N–H and O–H groups in total. The van der Waals surface area contributed by atoms with E-state index in [1.807, 2.05) is 0 Å². The van der Waals surface area contributed by atoms with Gasteiger partial charge in [0.15, 0.2) is 0 Å². The summed E-state index contributed by atoms with van der Waals surface area (Å²) in [7, 11) is 1.70. The molecule has 1 aliphatic rings. The van der Waals surface area contributed by atoms with Crippen LogP contribution in [0.1, 0.15) is 18.9 Å². The fraction of sp³-hybridized carbons (Fsp3) is 0.455. The predicted octanol–water partition coefficient (Wildman–Crippen LogP) is 3.20. The van der Waals surface area contributed by atoms with E-state index in [2.05, 4.69) is 40.3 Å². The van der Waals surface area contributed by atoms with Crippen molar-refractivity contribution in [3.63, 3.8) is 0 Å². The summed E-state index contributed by atoms with van der Waals surface area (Å²) >= 11 is 3.49. The van der Waals surface area contributed by atoms with Gasteiger partial charge in [0.2, 0.25) is 0 Å². The molecule has 2 rings (SSSR count). The van der Waals surface area contributed by atoms with Crippen molar-refractivity contribution in [3.05, 3.63) is 22.2 Å². The third kappa shape index (κ3) is 1.73. The maximum absolute atomic E-state index is 5.26. The largest absolute Gasteiger partial charge is 0.496 e. The van der Waals surface area contributed by atoms with Gasteiger partial charge in [0.05, 0.1) is 11.6 Å². The highest BCUT2D eigenvalue weighted by molar-refractivity contribution is 9.10. The summed E-state index contributed by atoms with van der Waals surface area (Å²) in [5.74, 6) is 0.917. The highest BCUT2D eigenvalue weighted by atomic mass is 79.9. The Morgan fingerprint density at radius 1 is 1.50 bits per heavy atom. The Morgan fingerprint density at radius 2 is 2.29 bits per heavy atom. The second kappa shape index (κ2) is 3.81. The molecular weight excluding hydrogens is 242 g/mol. The summed E-state index contributed by atoms with van der Waals surface area (Å²) in [6, 6.07) is 4.78. The lowest BCUT2D eigenvalue weighted by Gasteiger charge is -2.24. The third-order valence-corrected chi connectivity index (χ3v) is 3.25. The first kappa shape index (κ1) is 9.84. The van der Waals surface area contributed by atoms with Crippen LogP contribution in [0.4, 0.5) is 5.69 Å². The van der Waals surface area contributed by atoms with Gasteiger partial charge in [-0.15, -0.1) is 0 Å². The number of rotatable bonds is 1. The van der Waals surface area contributed by atoms with E-state index in [1.165, 1.54) is 17.7 Å². The second-order valence-electron chi connectivity index (χ2n) is 3.73. The molecule has 3 heteroatoms. The van der Waals surface area contributed by atoms with Crippen LogP contribution >= 0.6 is 15.9 Å². The van der Waals surface area contributed by atoms with Crippen LogP contribution in [0.5, 0.6) is 5.75 Å². The molecule has 0 amide bonds. The first-order valence-corrected chi connectivity index (χ1v) is 5.63. The SMILES string of the molecule is COc1cc2c(cc1Br)NC(C)CC2. The molecule has 0 aliphatic carbocycles. The third-order valence-electron chi connectivity index (χ3n) is 2.63. The Balaban J connectivity index is 2.40. The van der Waals surface area contributed by atoms with E-state index >= 15 is 0 Å². The fourth-order valence-electron chi connectivity index (χ4n) is 1.80. The first-order chi connectivity index (χ1) is 6.70. The number of hydrogen-bond donors (Lipinski definition) is 1. The van der Waals surface area contributed by atoms with Crippen molar-refractivity contribution < 1.29 is 4.74 Å². The van der Waals surface area contributed by atoms with Gasteiger partial charge in [-0.1, -0.05) is 0 Å². The lowest BCUT2D eigenvalue weighted by Crippen LogP contribution is -2.21. The summed E-state index contributed by atoms with van der Waals surface area (Å²) in [5, 5.41) is 3.47. The topological polar surface area (TPSA) is 21.3 Å². The lowest BCUT2D eigenvalue weighted by molar-refractivity contribution is 0.411. The Morgan fingerprint density at radius 3 is 3.00 bits per heavy atom.